The molecule has 0 bridgehead atoms. The van der Waals surface area contributed by atoms with Crippen molar-refractivity contribution in [3.05, 3.63) is 108 Å². The molecule has 1 amide bonds. The Bertz CT molecular complexity index is 1080. The maximum Gasteiger partial charge on any atom is 0.508 e. The number of thioether (sulfide) groups is 1. The number of nitrogens with one attached hydrogen (secondary N) is 1. The number of amides is 1. The molecule has 3 unspecified atom stereocenters. The van der Waals surface area contributed by atoms with Crippen molar-refractivity contribution in [3.63, 3.8) is 0 Å². The zero-order valence-electron chi connectivity index (χ0n) is 19.3. The van der Waals surface area contributed by atoms with Gasteiger partial charge in [-0.3, -0.25) is 4.79 Å². The van der Waals surface area contributed by atoms with Crippen molar-refractivity contribution in [2.75, 3.05) is 6.61 Å². The topological polar surface area (TPSA) is 64.6 Å². The number of alkyl halides is 3. The number of rotatable bonds is 8. The molecule has 3 atom stereocenters. The average Bonchev–Trinajstić information content (AvgIpc) is 2.86. The van der Waals surface area contributed by atoms with Gasteiger partial charge in [0, 0.05) is 0 Å². The number of carbonyl (C=O) groups excluding carboxylic acids is 2. The molecule has 0 saturated carbocycles. The van der Waals surface area contributed by atoms with Gasteiger partial charge in [-0.25, -0.2) is 4.79 Å². The monoisotopic (exact) mass is 563 g/mol. The summed E-state index contributed by atoms with van der Waals surface area (Å²) >= 11 is 18.5. The number of hydrogen-bond acceptors (Lipinski definition) is 5. The number of β-lactam (4-membered cyclic amide) rings is 1. The third-order valence-electron chi connectivity index (χ3n) is 5.90. The van der Waals surface area contributed by atoms with E-state index in [1.807, 2.05) is 54.6 Å². The molecule has 1 N–H and O–H groups in total. The quantitative estimate of drug-likeness (QED) is 0.143. The van der Waals surface area contributed by atoms with Crippen LogP contribution in [-0.2, 0) is 19.0 Å². The first-order valence-corrected chi connectivity index (χ1v) is 13.3. The van der Waals surface area contributed by atoms with Gasteiger partial charge in [0.2, 0.25) is 9.70 Å². The van der Waals surface area contributed by atoms with E-state index < -0.39 is 33.3 Å². The minimum absolute atomic E-state index is 0.211. The summed E-state index contributed by atoms with van der Waals surface area (Å²) in [6.07, 6.45) is -1.77. The standard InChI is InChI=1S/C27H24Cl3NO4S/c1-18(35-25(33)34-17-26(28,29)30)22-23(32)31-24(22)36-27(19-11-5-2-6-12-19,20-13-7-3-8-14-20)21-15-9-4-10-16-21/h2-16,18,22,24H,17H2,1H3,(H,31,32). The summed E-state index contributed by atoms with van der Waals surface area (Å²) in [4.78, 5) is 24.8. The Morgan fingerprint density at radius 3 is 1.72 bits per heavy atom. The lowest BCUT2D eigenvalue weighted by Gasteiger charge is -2.45. The Morgan fingerprint density at radius 1 is 0.889 bits per heavy atom. The van der Waals surface area contributed by atoms with Crippen molar-refractivity contribution in [1.29, 1.82) is 0 Å². The van der Waals surface area contributed by atoms with Crippen molar-refractivity contribution in [2.45, 2.75) is 26.9 Å². The van der Waals surface area contributed by atoms with Gasteiger partial charge in [0.1, 0.15) is 18.6 Å². The molecular weight excluding hydrogens is 541 g/mol. The molecule has 1 fully saturated rings. The van der Waals surface area contributed by atoms with Crippen molar-refractivity contribution >= 4 is 58.6 Å². The zero-order chi connectivity index (χ0) is 25.8. The molecule has 0 radical (unpaired) electrons. The number of benzene rings is 3. The smallest absolute Gasteiger partial charge is 0.430 e. The van der Waals surface area contributed by atoms with Crippen LogP contribution in [0.3, 0.4) is 0 Å². The maximum atomic E-state index is 12.7. The molecule has 0 aliphatic carbocycles. The summed E-state index contributed by atoms with van der Waals surface area (Å²) in [5.74, 6) is -0.817. The third kappa shape index (κ3) is 5.94. The van der Waals surface area contributed by atoms with Gasteiger partial charge in [0.25, 0.3) is 0 Å². The summed E-state index contributed by atoms with van der Waals surface area (Å²) in [5.41, 5.74) is 3.17. The number of hydrogen-bond donors (Lipinski definition) is 1. The van der Waals surface area contributed by atoms with E-state index in [2.05, 4.69) is 41.7 Å². The highest BCUT2D eigenvalue weighted by Crippen LogP contribution is 2.52. The molecule has 3 aromatic rings. The fourth-order valence-corrected chi connectivity index (χ4v) is 6.27. The summed E-state index contributed by atoms with van der Waals surface area (Å²) in [6, 6.07) is 30.4. The summed E-state index contributed by atoms with van der Waals surface area (Å²) in [6.45, 7) is 1.19. The first-order valence-electron chi connectivity index (χ1n) is 11.3. The van der Waals surface area contributed by atoms with Gasteiger partial charge in [0.15, 0.2) is 0 Å². The Balaban J connectivity index is 1.67. The first-order chi connectivity index (χ1) is 17.2. The molecule has 0 aromatic heterocycles. The second-order valence-corrected chi connectivity index (χ2v) is 12.2. The summed E-state index contributed by atoms with van der Waals surface area (Å²) in [7, 11) is 0. The van der Waals surface area contributed by atoms with Gasteiger partial charge in [-0.1, -0.05) is 126 Å². The molecule has 1 saturated heterocycles. The van der Waals surface area contributed by atoms with Gasteiger partial charge < -0.3 is 14.8 Å². The fourth-order valence-electron chi connectivity index (χ4n) is 4.24. The molecule has 9 heteroatoms. The highest BCUT2D eigenvalue weighted by Gasteiger charge is 2.51. The van der Waals surface area contributed by atoms with Crippen LogP contribution >= 0.6 is 46.6 Å². The Kier molecular flexibility index (Phi) is 8.41. The van der Waals surface area contributed by atoms with E-state index in [1.165, 1.54) is 0 Å². The van der Waals surface area contributed by atoms with Crippen molar-refractivity contribution in [2.24, 2.45) is 5.92 Å². The van der Waals surface area contributed by atoms with Crippen LogP contribution < -0.4 is 5.32 Å². The van der Waals surface area contributed by atoms with Crippen molar-refractivity contribution < 1.29 is 19.1 Å². The Labute approximate surface area is 229 Å². The zero-order valence-corrected chi connectivity index (χ0v) is 22.4. The summed E-state index contributed by atoms with van der Waals surface area (Å²) < 4.78 is 7.85. The molecule has 36 heavy (non-hydrogen) atoms. The van der Waals surface area contributed by atoms with E-state index in [9.17, 15) is 9.59 Å². The van der Waals surface area contributed by atoms with Crippen LogP contribution in [-0.4, -0.2) is 33.9 Å². The predicted molar refractivity (Wildman–Crippen MR) is 144 cm³/mol. The van der Waals surface area contributed by atoms with Crippen LogP contribution in [0.15, 0.2) is 91.0 Å². The number of ether oxygens (including phenoxy) is 2. The van der Waals surface area contributed by atoms with E-state index in [0.717, 1.165) is 16.7 Å². The van der Waals surface area contributed by atoms with Crippen molar-refractivity contribution in [3.8, 4) is 0 Å². The molecule has 1 aliphatic heterocycles. The van der Waals surface area contributed by atoms with Gasteiger partial charge >= 0.3 is 6.16 Å². The van der Waals surface area contributed by atoms with Crippen LogP contribution in [0.1, 0.15) is 23.6 Å². The lowest BCUT2D eigenvalue weighted by molar-refractivity contribution is -0.137. The molecule has 188 valence electrons. The highest BCUT2D eigenvalue weighted by atomic mass is 35.6. The first kappa shape index (κ1) is 26.7. The normalized spacial score (nSPS) is 18.5. The number of carbonyl (C=O) groups is 2. The second-order valence-electron chi connectivity index (χ2n) is 8.33. The van der Waals surface area contributed by atoms with Crippen LogP contribution in [0.25, 0.3) is 0 Å². The Hall–Kier alpha value is -2.38. The van der Waals surface area contributed by atoms with Crippen LogP contribution in [0.2, 0.25) is 0 Å². The lowest BCUT2D eigenvalue weighted by Crippen LogP contribution is -2.62. The second kappa shape index (κ2) is 11.3. The SMILES string of the molecule is CC(OC(=O)OCC(Cl)(Cl)Cl)C1C(=O)NC1SC(c1ccccc1)(c1ccccc1)c1ccccc1. The van der Waals surface area contributed by atoms with Gasteiger partial charge in [0.05, 0.1) is 10.1 Å². The molecule has 3 aromatic carbocycles. The molecule has 5 nitrogen and oxygen atoms in total. The van der Waals surface area contributed by atoms with Crippen LogP contribution in [0.5, 0.6) is 0 Å². The lowest BCUT2D eigenvalue weighted by atomic mass is 9.84. The third-order valence-corrected chi connectivity index (χ3v) is 7.95. The van der Waals surface area contributed by atoms with Gasteiger partial charge in [-0.2, -0.15) is 0 Å². The van der Waals surface area contributed by atoms with Crippen molar-refractivity contribution in [1.82, 2.24) is 5.32 Å². The summed E-state index contributed by atoms with van der Waals surface area (Å²) in [5, 5.41) is 2.64. The van der Waals surface area contributed by atoms with E-state index in [4.69, 9.17) is 44.3 Å². The largest absolute Gasteiger partial charge is 0.508 e. The predicted octanol–water partition coefficient (Wildman–Crippen LogP) is 6.70. The van der Waals surface area contributed by atoms with E-state index in [0.29, 0.717) is 0 Å². The fraction of sp³-hybridized carbons (Fsp3) is 0.259. The Morgan fingerprint density at radius 2 is 1.33 bits per heavy atom. The van der Waals surface area contributed by atoms with Gasteiger partial charge in [-0.05, 0) is 23.6 Å². The molecule has 4 rings (SSSR count). The molecule has 1 heterocycles. The maximum absolute atomic E-state index is 12.7. The van der Waals surface area contributed by atoms with E-state index >= 15 is 0 Å². The highest BCUT2D eigenvalue weighted by molar-refractivity contribution is 8.01. The van der Waals surface area contributed by atoms with E-state index in [1.54, 1.807) is 18.7 Å². The minimum atomic E-state index is -1.75. The van der Waals surface area contributed by atoms with E-state index in [-0.39, 0.29) is 11.3 Å². The average molecular weight is 565 g/mol. The molecule has 1 aliphatic rings. The van der Waals surface area contributed by atoms with Crippen LogP contribution in [0.4, 0.5) is 4.79 Å². The van der Waals surface area contributed by atoms with Gasteiger partial charge in [-0.15, -0.1) is 11.8 Å². The molecule has 0 spiro atoms. The van der Waals surface area contributed by atoms with Crippen LogP contribution in [0, 0.1) is 5.92 Å². The minimum Gasteiger partial charge on any atom is -0.430 e. The molecular formula is C27H24Cl3NO4S. The number of halogens is 3.